The van der Waals surface area contributed by atoms with E-state index in [1.54, 1.807) is 9.80 Å². The van der Waals surface area contributed by atoms with Gasteiger partial charge in [-0.05, 0) is 19.1 Å². The minimum absolute atomic E-state index is 0.0462. The minimum atomic E-state index is -0.144. The Hall–Kier alpha value is -1.96. The first-order valence-corrected chi connectivity index (χ1v) is 9.09. The molecule has 0 aromatic heterocycles. The molecule has 4 N–H and O–H groups in total. The van der Waals surface area contributed by atoms with Crippen molar-refractivity contribution in [3.8, 4) is 0 Å². The van der Waals surface area contributed by atoms with Crippen LogP contribution >= 0.6 is 0 Å². The summed E-state index contributed by atoms with van der Waals surface area (Å²) in [6, 6.07) is 7.36. The number of quaternary nitrogens is 2. The van der Waals surface area contributed by atoms with E-state index in [2.05, 4.69) is 10.6 Å². The van der Waals surface area contributed by atoms with Gasteiger partial charge in [0.1, 0.15) is 26.2 Å². The van der Waals surface area contributed by atoms with Crippen molar-refractivity contribution < 1.29 is 24.5 Å². The molecule has 0 bridgehead atoms. The van der Waals surface area contributed by atoms with Crippen LogP contribution in [0.15, 0.2) is 24.3 Å². The molecule has 136 valence electrons. The van der Waals surface area contributed by atoms with Crippen LogP contribution in [-0.4, -0.2) is 63.8 Å². The van der Waals surface area contributed by atoms with Gasteiger partial charge in [-0.3, -0.25) is 9.59 Å². The van der Waals surface area contributed by atoms with Crippen LogP contribution in [0.25, 0.3) is 0 Å². The number of anilines is 2. The van der Waals surface area contributed by atoms with Crippen LogP contribution in [-0.2, 0) is 14.3 Å². The zero-order chi connectivity index (χ0) is 17.6. The van der Waals surface area contributed by atoms with Crippen molar-refractivity contribution in [2.45, 2.75) is 19.4 Å². The summed E-state index contributed by atoms with van der Waals surface area (Å²) in [6.45, 7) is 8.05. The number of hydrogen-bond donors (Lipinski definition) is 3. The molecular formula is C18H28N4O3+2. The van der Waals surface area contributed by atoms with Crippen LogP contribution in [0.5, 0.6) is 0 Å². The Morgan fingerprint density at radius 1 is 1.36 bits per heavy atom. The lowest BCUT2D eigenvalue weighted by molar-refractivity contribution is -0.919. The number of amides is 2. The fraction of sp³-hybridized carbons (Fsp3) is 0.556. The number of hydrogen-bond acceptors (Lipinski definition) is 3. The van der Waals surface area contributed by atoms with E-state index in [0.29, 0.717) is 18.7 Å². The number of morpholine rings is 1. The number of nitrogens with two attached hydrogens (primary N) is 1. The lowest BCUT2D eigenvalue weighted by atomic mass is 10.1. The minimum Gasteiger partial charge on any atom is -0.370 e. The molecule has 7 heteroatoms. The van der Waals surface area contributed by atoms with E-state index in [1.165, 1.54) is 0 Å². The van der Waals surface area contributed by atoms with Crippen molar-refractivity contribution in [3.63, 3.8) is 0 Å². The molecule has 1 fully saturated rings. The molecule has 1 saturated heterocycles. The second-order valence-corrected chi connectivity index (χ2v) is 6.78. The van der Waals surface area contributed by atoms with E-state index in [4.69, 9.17) is 4.74 Å². The smallest absolute Gasteiger partial charge is 0.282 e. The maximum atomic E-state index is 12.8. The zero-order valence-electron chi connectivity index (χ0n) is 14.8. The number of rotatable bonds is 5. The first-order valence-electron chi connectivity index (χ1n) is 9.09. The Balaban J connectivity index is 1.57. The van der Waals surface area contributed by atoms with Gasteiger partial charge in [-0.1, -0.05) is 12.1 Å². The number of ether oxygens (including phenoxy) is 1. The van der Waals surface area contributed by atoms with Gasteiger partial charge in [-0.15, -0.1) is 0 Å². The van der Waals surface area contributed by atoms with Gasteiger partial charge in [0.2, 0.25) is 5.91 Å². The SMILES string of the molecule is C[C@H]1CC(=O)Nc2ccccc2N1C(=O)C[NH2+]CC[NH+]1CCOCC1. The largest absolute Gasteiger partial charge is 0.370 e. The van der Waals surface area contributed by atoms with Gasteiger partial charge in [0, 0.05) is 12.5 Å². The molecule has 0 saturated carbocycles. The molecule has 2 aliphatic heterocycles. The molecule has 0 unspecified atom stereocenters. The molecule has 0 aliphatic carbocycles. The van der Waals surface area contributed by atoms with Crippen molar-refractivity contribution in [3.05, 3.63) is 24.3 Å². The van der Waals surface area contributed by atoms with Crippen molar-refractivity contribution in [2.24, 2.45) is 0 Å². The van der Waals surface area contributed by atoms with Gasteiger partial charge >= 0.3 is 0 Å². The Bertz CT molecular complexity index is 616. The normalized spacial score (nSPS) is 21.4. The average Bonchev–Trinajstić information content (AvgIpc) is 2.73. The van der Waals surface area contributed by atoms with Crippen molar-refractivity contribution in [1.29, 1.82) is 0 Å². The third-order valence-corrected chi connectivity index (χ3v) is 4.85. The highest BCUT2D eigenvalue weighted by Gasteiger charge is 2.30. The molecule has 25 heavy (non-hydrogen) atoms. The lowest BCUT2D eigenvalue weighted by Crippen LogP contribution is -3.16. The summed E-state index contributed by atoms with van der Waals surface area (Å²) in [7, 11) is 0. The fourth-order valence-corrected chi connectivity index (χ4v) is 3.51. The monoisotopic (exact) mass is 348 g/mol. The quantitative estimate of drug-likeness (QED) is 0.551. The highest BCUT2D eigenvalue weighted by atomic mass is 16.5. The Labute approximate surface area is 148 Å². The molecule has 0 spiro atoms. The highest BCUT2D eigenvalue weighted by molar-refractivity contribution is 6.04. The molecule has 1 aromatic rings. The summed E-state index contributed by atoms with van der Waals surface area (Å²) in [5, 5.41) is 4.96. The Kier molecular flexibility index (Phi) is 6.01. The van der Waals surface area contributed by atoms with Crippen LogP contribution < -0.4 is 20.4 Å². The molecule has 1 atom stereocenters. The summed E-state index contributed by atoms with van der Waals surface area (Å²) in [5.41, 5.74) is 1.50. The van der Waals surface area contributed by atoms with Crippen LogP contribution in [0.3, 0.4) is 0 Å². The summed E-state index contributed by atoms with van der Waals surface area (Å²) >= 11 is 0. The van der Waals surface area contributed by atoms with Gasteiger partial charge in [-0.25, -0.2) is 0 Å². The van der Waals surface area contributed by atoms with E-state index < -0.39 is 0 Å². The van der Waals surface area contributed by atoms with Crippen LogP contribution in [0.2, 0.25) is 0 Å². The molecule has 2 amide bonds. The number of nitrogens with one attached hydrogen (secondary N) is 2. The molecule has 1 aromatic carbocycles. The van der Waals surface area contributed by atoms with Crippen LogP contribution in [0, 0.1) is 0 Å². The summed E-state index contributed by atoms with van der Waals surface area (Å²) in [6.07, 6.45) is 0.318. The molecular weight excluding hydrogens is 320 g/mol. The fourth-order valence-electron chi connectivity index (χ4n) is 3.51. The predicted molar refractivity (Wildman–Crippen MR) is 94.7 cm³/mol. The number of benzene rings is 1. The number of carbonyl (C=O) groups is 2. The van der Waals surface area contributed by atoms with Gasteiger partial charge in [0.05, 0.1) is 24.6 Å². The number of nitrogens with zero attached hydrogens (tertiary/aromatic N) is 1. The molecule has 3 rings (SSSR count). The summed E-state index contributed by atoms with van der Waals surface area (Å²) in [4.78, 5) is 28.1. The third kappa shape index (κ3) is 4.56. The molecule has 7 nitrogen and oxygen atoms in total. The van der Waals surface area contributed by atoms with Crippen molar-refractivity contribution in [2.75, 3.05) is 56.2 Å². The second-order valence-electron chi connectivity index (χ2n) is 6.78. The Morgan fingerprint density at radius 2 is 2.12 bits per heavy atom. The van der Waals surface area contributed by atoms with Gasteiger partial charge in [0.25, 0.3) is 5.91 Å². The Morgan fingerprint density at radius 3 is 2.92 bits per heavy atom. The highest BCUT2D eigenvalue weighted by Crippen LogP contribution is 2.30. The first-order chi connectivity index (χ1) is 12.1. The standard InChI is InChI=1S/C18H26N4O3/c1-14-12-17(23)20-15-4-2-3-5-16(15)22(14)18(24)13-19-6-7-21-8-10-25-11-9-21/h2-5,14,19H,6-13H2,1H3,(H,20,23)/p+2/t14-/m0/s1. The van der Waals surface area contributed by atoms with Crippen LogP contribution in [0.4, 0.5) is 11.4 Å². The molecule has 2 heterocycles. The second kappa shape index (κ2) is 8.42. The number of fused-ring (bicyclic) bond motifs is 1. The maximum absolute atomic E-state index is 12.8. The first kappa shape index (κ1) is 17.8. The maximum Gasteiger partial charge on any atom is 0.282 e. The third-order valence-electron chi connectivity index (χ3n) is 4.85. The number of carbonyl (C=O) groups excluding carboxylic acids is 2. The number of para-hydroxylation sites is 2. The van der Waals surface area contributed by atoms with Crippen molar-refractivity contribution in [1.82, 2.24) is 0 Å². The van der Waals surface area contributed by atoms with Gasteiger partial charge in [-0.2, -0.15) is 0 Å². The van der Waals surface area contributed by atoms with E-state index in [9.17, 15) is 9.59 Å². The van der Waals surface area contributed by atoms with E-state index in [-0.39, 0.29) is 17.9 Å². The van der Waals surface area contributed by atoms with Crippen molar-refractivity contribution >= 4 is 23.2 Å². The van der Waals surface area contributed by atoms with Gasteiger partial charge < -0.3 is 25.2 Å². The van der Waals surface area contributed by atoms with E-state index >= 15 is 0 Å². The molecule has 0 radical (unpaired) electrons. The van der Waals surface area contributed by atoms with Crippen LogP contribution in [0.1, 0.15) is 13.3 Å². The predicted octanol–water partition coefficient (Wildman–Crippen LogP) is -1.77. The average molecular weight is 348 g/mol. The van der Waals surface area contributed by atoms with Gasteiger partial charge in [0.15, 0.2) is 6.54 Å². The molecule has 2 aliphatic rings. The topological polar surface area (TPSA) is 79.7 Å². The summed E-state index contributed by atoms with van der Waals surface area (Å²) < 4.78 is 5.36. The van der Waals surface area contributed by atoms with E-state index in [1.807, 2.05) is 31.2 Å². The van der Waals surface area contributed by atoms with E-state index in [0.717, 1.165) is 45.1 Å². The summed E-state index contributed by atoms with van der Waals surface area (Å²) in [5.74, 6) is 0.00331. The zero-order valence-corrected chi connectivity index (χ0v) is 14.8. The lowest BCUT2D eigenvalue weighted by Gasteiger charge is -2.27.